The molecule has 1 unspecified atom stereocenters. The van der Waals surface area contributed by atoms with E-state index in [9.17, 15) is 14.7 Å². The van der Waals surface area contributed by atoms with Gasteiger partial charge in [-0.1, -0.05) is 122 Å². The summed E-state index contributed by atoms with van der Waals surface area (Å²) >= 11 is 0. The van der Waals surface area contributed by atoms with E-state index in [4.69, 9.17) is 4.74 Å². The Kier molecular flexibility index (Phi) is 24.3. The lowest BCUT2D eigenvalue weighted by atomic mass is 10.0. The highest BCUT2D eigenvalue weighted by atomic mass is 16.6. The van der Waals surface area contributed by atoms with E-state index in [0.29, 0.717) is 12.8 Å². The van der Waals surface area contributed by atoms with E-state index in [1.165, 1.54) is 89.9 Å². The van der Waals surface area contributed by atoms with Gasteiger partial charge in [0.1, 0.15) is 0 Å². The van der Waals surface area contributed by atoms with Crippen LogP contribution in [0.3, 0.4) is 0 Å². The highest BCUT2D eigenvalue weighted by Crippen LogP contribution is 2.15. The smallest absolute Gasteiger partial charge is 0.345 e. The van der Waals surface area contributed by atoms with Crippen molar-refractivity contribution in [3.8, 4) is 0 Å². The summed E-state index contributed by atoms with van der Waals surface area (Å²) in [6.07, 6.45) is 28.0. The second kappa shape index (κ2) is 25.3. The number of carboxylic acid groups (broad SMARTS) is 1. The van der Waals surface area contributed by atoms with E-state index in [1.54, 1.807) is 0 Å². The standard InChI is InChI=1S/C29H54O4/c1-3-5-7-9-11-13-15-16-18-20-22-24-26-28(30)33-27(29(31)32)25-23-21-19-17-14-12-10-8-6-4-2/h9,11,27H,3-8,10,12-26H2,1-2H3,(H,31,32)/b11-9-. The van der Waals surface area contributed by atoms with Crippen molar-refractivity contribution < 1.29 is 19.4 Å². The van der Waals surface area contributed by atoms with Crippen LogP contribution in [0.25, 0.3) is 0 Å². The molecule has 0 bridgehead atoms. The molecule has 0 fully saturated rings. The van der Waals surface area contributed by atoms with Gasteiger partial charge < -0.3 is 9.84 Å². The fourth-order valence-electron chi connectivity index (χ4n) is 4.06. The van der Waals surface area contributed by atoms with Crippen LogP contribution >= 0.6 is 0 Å². The van der Waals surface area contributed by atoms with Crippen LogP contribution in [0.15, 0.2) is 12.2 Å². The zero-order valence-electron chi connectivity index (χ0n) is 22.0. The Morgan fingerprint density at radius 3 is 1.64 bits per heavy atom. The van der Waals surface area contributed by atoms with Crippen LogP contribution in [-0.4, -0.2) is 23.1 Å². The minimum absolute atomic E-state index is 0.335. The Balaban J connectivity index is 3.63. The zero-order chi connectivity index (χ0) is 24.4. The normalized spacial score (nSPS) is 12.3. The number of ether oxygens (including phenoxy) is 1. The van der Waals surface area contributed by atoms with Gasteiger partial charge >= 0.3 is 11.9 Å². The summed E-state index contributed by atoms with van der Waals surface area (Å²) in [5, 5.41) is 9.36. The van der Waals surface area contributed by atoms with Gasteiger partial charge in [0, 0.05) is 6.42 Å². The van der Waals surface area contributed by atoms with E-state index in [1.807, 2.05) is 0 Å². The SMILES string of the molecule is CCCC/C=C\CCCCCCCCC(=O)OC(CCCCCCCCCCCC)C(=O)O. The quantitative estimate of drug-likeness (QED) is 0.0827. The number of hydrogen-bond acceptors (Lipinski definition) is 3. The third-order valence-corrected chi connectivity index (χ3v) is 6.26. The Labute approximate surface area is 204 Å². The predicted octanol–water partition coefficient (Wildman–Crippen LogP) is 9.16. The first-order valence-corrected chi connectivity index (χ1v) is 14.2. The van der Waals surface area contributed by atoms with Crippen molar-refractivity contribution in [3.05, 3.63) is 12.2 Å². The largest absolute Gasteiger partial charge is 0.479 e. The van der Waals surface area contributed by atoms with Gasteiger partial charge in [0.2, 0.25) is 0 Å². The molecule has 4 heteroatoms. The van der Waals surface area contributed by atoms with Crippen molar-refractivity contribution in [2.45, 2.75) is 161 Å². The van der Waals surface area contributed by atoms with Gasteiger partial charge in [0.15, 0.2) is 6.10 Å². The molecule has 0 aromatic heterocycles. The highest BCUT2D eigenvalue weighted by molar-refractivity contribution is 5.77. The molecule has 0 aromatic carbocycles. The Bertz CT molecular complexity index is 472. The molecule has 0 amide bonds. The summed E-state index contributed by atoms with van der Waals surface area (Å²) in [6.45, 7) is 4.46. The van der Waals surface area contributed by atoms with E-state index < -0.39 is 12.1 Å². The number of carboxylic acids is 1. The maximum atomic E-state index is 12.0. The van der Waals surface area contributed by atoms with Crippen molar-refractivity contribution in [2.24, 2.45) is 0 Å². The van der Waals surface area contributed by atoms with Crippen molar-refractivity contribution in [2.75, 3.05) is 0 Å². The summed E-state index contributed by atoms with van der Waals surface area (Å²) in [5.41, 5.74) is 0. The number of unbranched alkanes of at least 4 members (excludes halogenated alkanes) is 17. The molecular weight excluding hydrogens is 412 g/mol. The van der Waals surface area contributed by atoms with Crippen LogP contribution in [0, 0.1) is 0 Å². The van der Waals surface area contributed by atoms with Crippen molar-refractivity contribution >= 4 is 11.9 Å². The fourth-order valence-corrected chi connectivity index (χ4v) is 4.06. The molecule has 0 rings (SSSR count). The second-order valence-corrected chi connectivity index (χ2v) is 9.56. The molecule has 0 aliphatic rings. The van der Waals surface area contributed by atoms with Gasteiger partial charge in [-0.25, -0.2) is 4.79 Å². The molecule has 1 atom stereocenters. The Morgan fingerprint density at radius 1 is 0.636 bits per heavy atom. The molecular formula is C29H54O4. The molecule has 0 aliphatic carbocycles. The van der Waals surface area contributed by atoms with E-state index in [0.717, 1.165) is 38.5 Å². The van der Waals surface area contributed by atoms with E-state index >= 15 is 0 Å². The number of hydrogen-bond donors (Lipinski definition) is 1. The van der Waals surface area contributed by atoms with Gasteiger partial charge in [0.25, 0.3) is 0 Å². The minimum Gasteiger partial charge on any atom is -0.479 e. The molecule has 0 saturated heterocycles. The van der Waals surface area contributed by atoms with Gasteiger partial charge in [-0.2, -0.15) is 0 Å². The third kappa shape index (κ3) is 23.6. The molecule has 194 valence electrons. The molecule has 0 aromatic rings. The highest BCUT2D eigenvalue weighted by Gasteiger charge is 2.21. The summed E-state index contributed by atoms with van der Waals surface area (Å²) in [4.78, 5) is 23.4. The van der Waals surface area contributed by atoms with Crippen molar-refractivity contribution in [1.29, 1.82) is 0 Å². The third-order valence-electron chi connectivity index (χ3n) is 6.26. The monoisotopic (exact) mass is 466 g/mol. The number of carbonyl (C=O) groups excluding carboxylic acids is 1. The van der Waals surface area contributed by atoms with Gasteiger partial charge in [-0.3, -0.25) is 4.79 Å². The lowest BCUT2D eigenvalue weighted by Gasteiger charge is -2.13. The first-order chi connectivity index (χ1) is 16.1. The minimum atomic E-state index is -1.01. The molecule has 0 aliphatic heterocycles. The molecule has 0 spiro atoms. The summed E-state index contributed by atoms with van der Waals surface area (Å²) < 4.78 is 5.25. The van der Waals surface area contributed by atoms with Crippen molar-refractivity contribution in [3.63, 3.8) is 0 Å². The molecule has 1 N–H and O–H groups in total. The summed E-state index contributed by atoms with van der Waals surface area (Å²) in [6, 6.07) is 0. The lowest BCUT2D eigenvalue weighted by Crippen LogP contribution is -2.27. The lowest BCUT2D eigenvalue weighted by molar-refractivity contribution is -0.164. The van der Waals surface area contributed by atoms with Crippen LogP contribution < -0.4 is 0 Å². The first-order valence-electron chi connectivity index (χ1n) is 14.2. The van der Waals surface area contributed by atoms with Crippen LogP contribution in [0.2, 0.25) is 0 Å². The topological polar surface area (TPSA) is 63.6 Å². The maximum absolute atomic E-state index is 12.0. The Morgan fingerprint density at radius 2 is 1.09 bits per heavy atom. The summed E-state index contributed by atoms with van der Waals surface area (Å²) in [5.74, 6) is -1.37. The number of esters is 1. The molecule has 0 radical (unpaired) electrons. The average molecular weight is 467 g/mol. The average Bonchev–Trinajstić information content (AvgIpc) is 2.80. The van der Waals surface area contributed by atoms with Crippen LogP contribution in [0.1, 0.15) is 155 Å². The predicted molar refractivity (Wildman–Crippen MR) is 140 cm³/mol. The molecule has 0 saturated carbocycles. The second-order valence-electron chi connectivity index (χ2n) is 9.56. The van der Waals surface area contributed by atoms with Gasteiger partial charge in [0.05, 0.1) is 0 Å². The fraction of sp³-hybridized carbons (Fsp3) is 0.862. The Hall–Kier alpha value is -1.32. The van der Waals surface area contributed by atoms with Gasteiger partial charge in [-0.05, 0) is 38.5 Å². The molecule has 4 nitrogen and oxygen atoms in total. The number of allylic oxidation sites excluding steroid dienone is 2. The number of rotatable bonds is 25. The maximum Gasteiger partial charge on any atom is 0.345 e. The van der Waals surface area contributed by atoms with E-state index in [2.05, 4.69) is 26.0 Å². The van der Waals surface area contributed by atoms with Crippen LogP contribution in [0.4, 0.5) is 0 Å². The van der Waals surface area contributed by atoms with Gasteiger partial charge in [-0.15, -0.1) is 0 Å². The zero-order valence-corrected chi connectivity index (χ0v) is 22.0. The molecule has 0 heterocycles. The number of carbonyl (C=O) groups is 2. The van der Waals surface area contributed by atoms with E-state index in [-0.39, 0.29) is 5.97 Å². The summed E-state index contributed by atoms with van der Waals surface area (Å²) in [7, 11) is 0. The number of aliphatic carboxylic acids is 1. The first kappa shape index (κ1) is 31.7. The van der Waals surface area contributed by atoms with Crippen LogP contribution in [-0.2, 0) is 14.3 Å². The molecule has 33 heavy (non-hydrogen) atoms. The van der Waals surface area contributed by atoms with Crippen molar-refractivity contribution in [1.82, 2.24) is 0 Å². The van der Waals surface area contributed by atoms with Crippen LogP contribution in [0.5, 0.6) is 0 Å².